The second kappa shape index (κ2) is 4.25. The van der Waals surface area contributed by atoms with Crippen LogP contribution in [0.4, 0.5) is 0 Å². The van der Waals surface area contributed by atoms with Gasteiger partial charge in [-0.1, -0.05) is 13.8 Å². The van der Waals surface area contributed by atoms with Gasteiger partial charge in [0.15, 0.2) is 0 Å². The molecule has 5 heteroatoms. The third-order valence-electron chi connectivity index (χ3n) is 2.92. The van der Waals surface area contributed by atoms with E-state index in [1.165, 1.54) is 0 Å². The van der Waals surface area contributed by atoms with Crippen LogP contribution in [0, 0.1) is 0 Å². The third kappa shape index (κ3) is 2.24. The Morgan fingerprint density at radius 3 is 2.50 bits per heavy atom. The first-order chi connectivity index (χ1) is 7.26. The Kier molecular flexibility index (Phi) is 3.38. The van der Waals surface area contributed by atoms with Gasteiger partial charge in [0.05, 0.1) is 6.20 Å². The van der Waals surface area contributed by atoms with Gasteiger partial charge in [0, 0.05) is 17.7 Å². The molecular weight excluding hydrogens is 206 g/mol. The SMILES string of the molecule is CC(C)n1cc(C(C)(C)C(N)C(=O)O)cn1. The standard InChI is InChI=1S/C11H19N3O2/c1-7(2)14-6-8(5-13-14)11(3,4)9(12)10(15)16/h5-7,9H,12H2,1-4H3,(H,15,16). The summed E-state index contributed by atoms with van der Waals surface area (Å²) < 4.78 is 1.80. The molecule has 1 rings (SSSR count). The van der Waals surface area contributed by atoms with Gasteiger partial charge in [-0.3, -0.25) is 9.48 Å². The van der Waals surface area contributed by atoms with Crippen molar-refractivity contribution in [3.8, 4) is 0 Å². The molecule has 0 spiro atoms. The van der Waals surface area contributed by atoms with Gasteiger partial charge in [0.25, 0.3) is 0 Å². The summed E-state index contributed by atoms with van der Waals surface area (Å²) >= 11 is 0. The molecule has 0 amide bonds. The molecule has 0 aliphatic heterocycles. The summed E-state index contributed by atoms with van der Waals surface area (Å²) in [7, 11) is 0. The molecule has 1 unspecified atom stereocenters. The van der Waals surface area contributed by atoms with Crippen molar-refractivity contribution in [2.45, 2.75) is 45.2 Å². The number of nitrogens with zero attached hydrogens (tertiary/aromatic N) is 2. The smallest absolute Gasteiger partial charge is 0.321 e. The Morgan fingerprint density at radius 2 is 2.12 bits per heavy atom. The van der Waals surface area contributed by atoms with Crippen molar-refractivity contribution in [3.05, 3.63) is 18.0 Å². The second-order valence-electron chi connectivity index (χ2n) is 4.84. The fourth-order valence-corrected chi connectivity index (χ4v) is 1.44. The lowest BCUT2D eigenvalue weighted by Crippen LogP contribution is -2.46. The maximum atomic E-state index is 10.9. The number of carbonyl (C=O) groups is 1. The number of hydrogen-bond acceptors (Lipinski definition) is 3. The van der Waals surface area contributed by atoms with Crippen LogP contribution in [-0.4, -0.2) is 26.9 Å². The molecule has 0 radical (unpaired) electrons. The molecule has 90 valence electrons. The predicted octanol–water partition coefficient (Wildman–Crippen LogP) is 1.15. The van der Waals surface area contributed by atoms with E-state index in [9.17, 15) is 4.79 Å². The van der Waals surface area contributed by atoms with Crippen molar-refractivity contribution >= 4 is 5.97 Å². The Morgan fingerprint density at radius 1 is 1.56 bits per heavy atom. The number of nitrogens with two attached hydrogens (primary N) is 1. The normalized spacial score (nSPS) is 14.1. The number of rotatable bonds is 4. The fourth-order valence-electron chi connectivity index (χ4n) is 1.44. The van der Waals surface area contributed by atoms with Gasteiger partial charge in [-0.05, 0) is 19.4 Å². The highest BCUT2D eigenvalue weighted by Crippen LogP contribution is 2.26. The molecule has 0 saturated carbocycles. The number of aromatic nitrogens is 2. The van der Waals surface area contributed by atoms with Gasteiger partial charge >= 0.3 is 5.97 Å². The van der Waals surface area contributed by atoms with E-state index < -0.39 is 17.4 Å². The molecule has 16 heavy (non-hydrogen) atoms. The predicted molar refractivity (Wildman–Crippen MR) is 61.2 cm³/mol. The summed E-state index contributed by atoms with van der Waals surface area (Å²) in [6.45, 7) is 7.66. The van der Waals surface area contributed by atoms with Crippen molar-refractivity contribution in [3.63, 3.8) is 0 Å². The van der Waals surface area contributed by atoms with Gasteiger partial charge in [0.1, 0.15) is 6.04 Å². The van der Waals surface area contributed by atoms with Crippen molar-refractivity contribution in [1.82, 2.24) is 9.78 Å². The van der Waals surface area contributed by atoms with Crippen LogP contribution in [0.15, 0.2) is 12.4 Å². The zero-order valence-electron chi connectivity index (χ0n) is 10.1. The van der Waals surface area contributed by atoms with E-state index in [-0.39, 0.29) is 6.04 Å². The van der Waals surface area contributed by atoms with E-state index in [1.807, 2.05) is 33.9 Å². The number of aliphatic carboxylic acids is 1. The highest BCUT2D eigenvalue weighted by Gasteiger charge is 2.34. The summed E-state index contributed by atoms with van der Waals surface area (Å²) in [5.74, 6) is -0.998. The number of carboxylic acid groups (broad SMARTS) is 1. The van der Waals surface area contributed by atoms with E-state index in [1.54, 1.807) is 10.9 Å². The first-order valence-electron chi connectivity index (χ1n) is 5.30. The molecule has 0 fully saturated rings. The lowest BCUT2D eigenvalue weighted by molar-refractivity contribution is -0.140. The highest BCUT2D eigenvalue weighted by atomic mass is 16.4. The average Bonchev–Trinajstić information content (AvgIpc) is 2.65. The second-order valence-corrected chi connectivity index (χ2v) is 4.84. The van der Waals surface area contributed by atoms with Crippen molar-refractivity contribution < 1.29 is 9.90 Å². The van der Waals surface area contributed by atoms with Crippen LogP contribution < -0.4 is 5.73 Å². The summed E-state index contributed by atoms with van der Waals surface area (Å²) in [4.78, 5) is 10.9. The van der Waals surface area contributed by atoms with E-state index in [4.69, 9.17) is 10.8 Å². The molecule has 0 aliphatic carbocycles. The lowest BCUT2D eigenvalue weighted by atomic mass is 9.80. The Bertz CT molecular complexity index is 382. The summed E-state index contributed by atoms with van der Waals surface area (Å²) in [5.41, 5.74) is 5.89. The maximum absolute atomic E-state index is 10.9. The van der Waals surface area contributed by atoms with Crippen LogP contribution in [0.3, 0.4) is 0 Å². The number of carboxylic acids is 1. The van der Waals surface area contributed by atoms with E-state index >= 15 is 0 Å². The van der Waals surface area contributed by atoms with Crippen LogP contribution in [0.5, 0.6) is 0 Å². The first kappa shape index (κ1) is 12.7. The summed E-state index contributed by atoms with van der Waals surface area (Å²) in [5, 5.41) is 13.1. The molecule has 0 bridgehead atoms. The zero-order valence-corrected chi connectivity index (χ0v) is 10.1. The molecule has 0 aromatic carbocycles. The fraction of sp³-hybridized carbons (Fsp3) is 0.636. The highest BCUT2D eigenvalue weighted by molar-refractivity contribution is 5.75. The Hall–Kier alpha value is -1.36. The van der Waals surface area contributed by atoms with Crippen molar-refractivity contribution in [1.29, 1.82) is 0 Å². The summed E-state index contributed by atoms with van der Waals surface area (Å²) in [6.07, 6.45) is 3.54. The lowest BCUT2D eigenvalue weighted by Gasteiger charge is -2.27. The van der Waals surface area contributed by atoms with Crippen LogP contribution in [0.1, 0.15) is 39.3 Å². The van der Waals surface area contributed by atoms with Crippen molar-refractivity contribution in [2.75, 3.05) is 0 Å². The van der Waals surface area contributed by atoms with Crippen LogP contribution in [0.25, 0.3) is 0 Å². The molecule has 5 nitrogen and oxygen atoms in total. The van der Waals surface area contributed by atoms with E-state index in [0.29, 0.717) is 0 Å². The molecular formula is C11H19N3O2. The summed E-state index contributed by atoms with van der Waals surface area (Å²) in [6, 6.07) is -0.678. The molecule has 1 aromatic heterocycles. The van der Waals surface area contributed by atoms with E-state index in [2.05, 4.69) is 5.10 Å². The first-order valence-corrected chi connectivity index (χ1v) is 5.30. The Balaban J connectivity index is 3.02. The molecule has 1 atom stereocenters. The van der Waals surface area contributed by atoms with E-state index in [0.717, 1.165) is 5.56 Å². The monoisotopic (exact) mass is 225 g/mol. The van der Waals surface area contributed by atoms with Gasteiger partial charge < -0.3 is 10.8 Å². The zero-order chi connectivity index (χ0) is 12.5. The average molecular weight is 225 g/mol. The molecule has 1 aromatic rings. The van der Waals surface area contributed by atoms with Crippen LogP contribution in [-0.2, 0) is 10.2 Å². The molecule has 0 saturated heterocycles. The van der Waals surface area contributed by atoms with Gasteiger partial charge in [-0.25, -0.2) is 0 Å². The third-order valence-corrected chi connectivity index (χ3v) is 2.92. The van der Waals surface area contributed by atoms with Gasteiger partial charge in [-0.15, -0.1) is 0 Å². The van der Waals surface area contributed by atoms with Crippen LogP contribution in [0.2, 0.25) is 0 Å². The minimum absolute atomic E-state index is 0.255. The topological polar surface area (TPSA) is 81.1 Å². The van der Waals surface area contributed by atoms with Gasteiger partial charge in [-0.2, -0.15) is 5.10 Å². The van der Waals surface area contributed by atoms with Crippen LogP contribution >= 0.6 is 0 Å². The van der Waals surface area contributed by atoms with Gasteiger partial charge in [0.2, 0.25) is 0 Å². The minimum Gasteiger partial charge on any atom is -0.480 e. The Labute approximate surface area is 95.3 Å². The largest absolute Gasteiger partial charge is 0.480 e. The molecule has 1 heterocycles. The minimum atomic E-state index is -0.998. The number of hydrogen-bond donors (Lipinski definition) is 2. The molecule has 0 aliphatic rings. The quantitative estimate of drug-likeness (QED) is 0.805. The molecule has 3 N–H and O–H groups in total. The maximum Gasteiger partial charge on any atom is 0.321 e. The van der Waals surface area contributed by atoms with Crippen molar-refractivity contribution in [2.24, 2.45) is 5.73 Å².